The Labute approximate surface area is 165 Å². The summed E-state index contributed by atoms with van der Waals surface area (Å²) in [6.07, 6.45) is 0.681. The molecule has 2 heterocycles. The van der Waals surface area contributed by atoms with Crippen LogP contribution < -0.4 is 5.32 Å². The highest BCUT2D eigenvalue weighted by atomic mass is 32.1. The third-order valence-corrected chi connectivity index (χ3v) is 4.62. The molecule has 0 atom stereocenters. The van der Waals surface area contributed by atoms with E-state index in [0.29, 0.717) is 6.42 Å². The van der Waals surface area contributed by atoms with Gasteiger partial charge < -0.3 is 13.9 Å². The van der Waals surface area contributed by atoms with Gasteiger partial charge in [-0.1, -0.05) is 6.07 Å². The highest BCUT2D eigenvalue weighted by Crippen LogP contribution is 2.28. The Bertz CT molecular complexity index is 867. The van der Waals surface area contributed by atoms with E-state index in [2.05, 4.69) is 5.32 Å². The monoisotopic (exact) mass is 407 g/mol. The molecular formula is C19H21NO7S. The Kier molecular flexibility index (Phi) is 7.51. The Morgan fingerprint density at radius 1 is 1.18 bits per heavy atom. The Morgan fingerprint density at radius 2 is 1.93 bits per heavy atom. The standard InChI is InChI=1S/C19H21NO7S/c1-4-25-19(24)17-16(11(2)21)12(3)27-18(17)20-14(22)10-26-15(23)8-7-13-6-5-9-28-13/h5-6,9H,4,7-8,10H2,1-3H3,(H,20,22). The number of hydrogen-bond acceptors (Lipinski definition) is 8. The van der Waals surface area contributed by atoms with Crippen molar-refractivity contribution in [2.75, 3.05) is 18.5 Å². The number of hydrogen-bond donors (Lipinski definition) is 1. The average Bonchev–Trinajstić information content (AvgIpc) is 3.25. The summed E-state index contributed by atoms with van der Waals surface area (Å²) < 4.78 is 15.2. The topological polar surface area (TPSA) is 112 Å². The van der Waals surface area contributed by atoms with E-state index >= 15 is 0 Å². The van der Waals surface area contributed by atoms with E-state index in [1.165, 1.54) is 25.2 Å². The van der Waals surface area contributed by atoms with Gasteiger partial charge in [-0.25, -0.2) is 4.79 Å². The molecular weight excluding hydrogens is 386 g/mol. The van der Waals surface area contributed by atoms with E-state index in [1.54, 1.807) is 6.92 Å². The van der Waals surface area contributed by atoms with Gasteiger partial charge in [-0.05, 0) is 38.6 Å². The molecule has 9 heteroatoms. The van der Waals surface area contributed by atoms with Gasteiger partial charge in [0, 0.05) is 4.88 Å². The number of carbonyl (C=O) groups is 4. The zero-order valence-electron chi connectivity index (χ0n) is 15.8. The van der Waals surface area contributed by atoms with Crippen LogP contribution in [0.1, 0.15) is 51.6 Å². The summed E-state index contributed by atoms with van der Waals surface area (Å²) in [6.45, 7) is 3.95. The van der Waals surface area contributed by atoms with Crippen molar-refractivity contribution < 1.29 is 33.1 Å². The molecule has 0 radical (unpaired) electrons. The molecule has 1 N–H and O–H groups in total. The SMILES string of the molecule is CCOC(=O)c1c(NC(=O)COC(=O)CCc2cccs2)oc(C)c1C(C)=O. The highest BCUT2D eigenvalue weighted by Gasteiger charge is 2.28. The summed E-state index contributed by atoms with van der Waals surface area (Å²) in [5.41, 5.74) is -0.106. The summed E-state index contributed by atoms with van der Waals surface area (Å²) in [7, 11) is 0. The predicted molar refractivity (Wildman–Crippen MR) is 102 cm³/mol. The van der Waals surface area contributed by atoms with Crippen molar-refractivity contribution in [3.63, 3.8) is 0 Å². The number of rotatable bonds is 9. The predicted octanol–water partition coefficient (Wildman–Crippen LogP) is 3.14. The largest absolute Gasteiger partial charge is 0.462 e. The van der Waals surface area contributed by atoms with Crippen molar-refractivity contribution in [1.29, 1.82) is 0 Å². The second-order valence-corrected chi connectivity index (χ2v) is 6.83. The van der Waals surface area contributed by atoms with Gasteiger partial charge >= 0.3 is 11.9 Å². The van der Waals surface area contributed by atoms with E-state index in [-0.39, 0.29) is 35.8 Å². The molecule has 0 aromatic carbocycles. The van der Waals surface area contributed by atoms with E-state index in [1.807, 2.05) is 17.5 Å². The number of thiophene rings is 1. The van der Waals surface area contributed by atoms with Crippen molar-refractivity contribution in [3.8, 4) is 0 Å². The number of aryl methyl sites for hydroxylation is 2. The normalized spacial score (nSPS) is 10.4. The first kappa shape index (κ1) is 21.4. The molecule has 0 fully saturated rings. The number of Topliss-reactive ketones (excluding diaryl/α,β-unsaturated/α-hetero) is 1. The van der Waals surface area contributed by atoms with Gasteiger partial charge in [-0.3, -0.25) is 19.7 Å². The van der Waals surface area contributed by atoms with Crippen LogP contribution in [0.3, 0.4) is 0 Å². The van der Waals surface area contributed by atoms with Crippen LogP contribution in [0.15, 0.2) is 21.9 Å². The van der Waals surface area contributed by atoms with Crippen molar-refractivity contribution >= 4 is 40.9 Å². The van der Waals surface area contributed by atoms with Crippen LogP contribution in [0.5, 0.6) is 0 Å². The highest BCUT2D eigenvalue weighted by molar-refractivity contribution is 7.09. The molecule has 2 aromatic heterocycles. The smallest absolute Gasteiger partial charge is 0.344 e. The summed E-state index contributed by atoms with van der Waals surface area (Å²) in [5, 5.41) is 4.27. The number of furan rings is 1. The van der Waals surface area contributed by atoms with Crippen LogP contribution in [0.4, 0.5) is 5.88 Å². The lowest BCUT2D eigenvalue weighted by atomic mass is 10.1. The second-order valence-electron chi connectivity index (χ2n) is 5.80. The van der Waals surface area contributed by atoms with E-state index in [4.69, 9.17) is 13.9 Å². The fraction of sp³-hybridized carbons (Fsp3) is 0.368. The number of nitrogens with one attached hydrogen (secondary N) is 1. The molecule has 0 aliphatic rings. The van der Waals surface area contributed by atoms with Crippen molar-refractivity contribution in [1.82, 2.24) is 0 Å². The second kappa shape index (κ2) is 9.84. The Balaban J connectivity index is 1.99. The van der Waals surface area contributed by atoms with Crippen molar-refractivity contribution in [3.05, 3.63) is 39.3 Å². The first-order valence-electron chi connectivity index (χ1n) is 8.62. The minimum Gasteiger partial charge on any atom is -0.462 e. The van der Waals surface area contributed by atoms with E-state index in [9.17, 15) is 19.2 Å². The lowest BCUT2D eigenvalue weighted by Crippen LogP contribution is -2.22. The van der Waals surface area contributed by atoms with Crippen LogP contribution in [0, 0.1) is 6.92 Å². The maximum Gasteiger partial charge on any atom is 0.344 e. The molecule has 2 aromatic rings. The van der Waals surface area contributed by atoms with Crippen LogP contribution in [-0.4, -0.2) is 36.8 Å². The van der Waals surface area contributed by atoms with Crippen LogP contribution in [-0.2, 0) is 25.5 Å². The third kappa shape index (κ3) is 5.53. The number of ether oxygens (including phenoxy) is 2. The van der Waals surface area contributed by atoms with Gasteiger partial charge in [-0.15, -0.1) is 11.3 Å². The maximum absolute atomic E-state index is 12.2. The van der Waals surface area contributed by atoms with Gasteiger partial charge in [0.25, 0.3) is 5.91 Å². The molecule has 0 bridgehead atoms. The molecule has 0 aliphatic carbocycles. The number of ketones is 1. The van der Waals surface area contributed by atoms with Crippen LogP contribution >= 0.6 is 11.3 Å². The van der Waals surface area contributed by atoms with Crippen LogP contribution in [0.25, 0.3) is 0 Å². The van der Waals surface area contributed by atoms with Crippen molar-refractivity contribution in [2.45, 2.75) is 33.6 Å². The zero-order valence-corrected chi connectivity index (χ0v) is 16.6. The Morgan fingerprint density at radius 3 is 2.54 bits per heavy atom. The number of carbonyl (C=O) groups excluding carboxylic acids is 4. The summed E-state index contributed by atoms with van der Waals surface area (Å²) in [4.78, 5) is 48.9. The molecule has 0 saturated heterocycles. The average molecular weight is 407 g/mol. The van der Waals surface area contributed by atoms with Crippen molar-refractivity contribution in [2.24, 2.45) is 0 Å². The minimum absolute atomic E-state index is 0.0432. The van der Waals surface area contributed by atoms with Gasteiger partial charge in [0.1, 0.15) is 11.3 Å². The lowest BCUT2D eigenvalue weighted by molar-refractivity contribution is -0.147. The molecule has 8 nitrogen and oxygen atoms in total. The minimum atomic E-state index is -0.784. The fourth-order valence-electron chi connectivity index (χ4n) is 2.52. The summed E-state index contributed by atoms with van der Waals surface area (Å²) in [6, 6.07) is 3.80. The molecule has 1 amide bonds. The number of esters is 2. The van der Waals surface area contributed by atoms with E-state index in [0.717, 1.165) is 4.88 Å². The Hall–Kier alpha value is -2.94. The molecule has 150 valence electrons. The number of anilines is 1. The lowest BCUT2D eigenvalue weighted by Gasteiger charge is -2.07. The molecule has 2 rings (SSSR count). The quantitative estimate of drug-likeness (QED) is 0.502. The van der Waals surface area contributed by atoms with Crippen LogP contribution in [0.2, 0.25) is 0 Å². The van der Waals surface area contributed by atoms with Gasteiger partial charge in [0.15, 0.2) is 12.4 Å². The van der Waals surface area contributed by atoms with Gasteiger partial charge in [-0.2, -0.15) is 0 Å². The molecule has 0 unspecified atom stereocenters. The third-order valence-electron chi connectivity index (χ3n) is 3.69. The molecule has 0 spiro atoms. The molecule has 0 aliphatic heterocycles. The molecule has 0 saturated carbocycles. The fourth-order valence-corrected chi connectivity index (χ4v) is 3.22. The first-order chi connectivity index (χ1) is 13.3. The van der Waals surface area contributed by atoms with E-state index < -0.39 is 30.2 Å². The zero-order chi connectivity index (χ0) is 20.7. The molecule has 28 heavy (non-hydrogen) atoms. The van der Waals surface area contributed by atoms with Gasteiger partial charge in [0.05, 0.1) is 18.6 Å². The summed E-state index contributed by atoms with van der Waals surface area (Å²) >= 11 is 1.53. The maximum atomic E-state index is 12.2. The number of amides is 1. The first-order valence-corrected chi connectivity index (χ1v) is 9.50. The van der Waals surface area contributed by atoms with Gasteiger partial charge in [0.2, 0.25) is 5.88 Å². The summed E-state index contributed by atoms with van der Waals surface area (Å²) in [5.74, 6) is -2.43.